The second-order valence-electron chi connectivity index (χ2n) is 6.36. The molecule has 1 fully saturated rings. The molecule has 3 heterocycles. The fourth-order valence-electron chi connectivity index (χ4n) is 3.37. The summed E-state index contributed by atoms with van der Waals surface area (Å²) >= 11 is 0. The average Bonchev–Trinajstić information content (AvgIpc) is 3.07. The fourth-order valence-corrected chi connectivity index (χ4v) is 3.37. The van der Waals surface area contributed by atoms with Crippen LogP contribution in [0, 0.1) is 0 Å². The van der Waals surface area contributed by atoms with Crippen LogP contribution in [0.5, 0.6) is 0 Å². The van der Waals surface area contributed by atoms with Gasteiger partial charge in [-0.25, -0.2) is 4.98 Å². The smallest absolute Gasteiger partial charge is 0.270 e. The number of hydrogen-bond acceptors (Lipinski definition) is 4. The van der Waals surface area contributed by atoms with Crippen LogP contribution in [0.15, 0.2) is 49.1 Å². The van der Waals surface area contributed by atoms with Crippen LogP contribution in [-0.2, 0) is 11.8 Å². The van der Waals surface area contributed by atoms with E-state index in [-0.39, 0.29) is 18.1 Å². The minimum atomic E-state index is -0.132. The third-order valence-electron chi connectivity index (χ3n) is 4.69. The average molecular weight is 336 g/mol. The number of nitrogens with zero attached hydrogens (tertiary/aromatic N) is 3. The minimum absolute atomic E-state index is 0.0490. The molecule has 2 atom stereocenters. The molecule has 0 unspecified atom stereocenters. The molecule has 1 saturated heterocycles. The molecule has 0 aliphatic carbocycles. The Hall–Kier alpha value is -2.73. The van der Waals surface area contributed by atoms with Gasteiger partial charge in [-0.15, -0.1) is 0 Å². The topological polar surface area (TPSA) is 69.0 Å². The first-order valence-electron chi connectivity index (χ1n) is 8.45. The molecular formula is C19H20N4O2. The molecule has 2 aromatic heterocycles. The number of carbonyl (C=O) groups excluding carboxylic acids is 1. The van der Waals surface area contributed by atoms with Gasteiger partial charge in [-0.3, -0.25) is 9.78 Å². The monoisotopic (exact) mass is 336 g/mol. The van der Waals surface area contributed by atoms with Crippen molar-refractivity contribution in [3.8, 4) is 0 Å². The third-order valence-corrected chi connectivity index (χ3v) is 4.69. The predicted octanol–water partition coefficient (Wildman–Crippen LogP) is 2.62. The van der Waals surface area contributed by atoms with E-state index in [0.717, 1.165) is 29.3 Å². The second kappa shape index (κ2) is 6.64. The minimum Gasteiger partial charge on any atom is -0.372 e. The van der Waals surface area contributed by atoms with Gasteiger partial charge in [0.05, 0.1) is 18.2 Å². The Kier molecular flexibility index (Phi) is 4.19. The van der Waals surface area contributed by atoms with E-state index >= 15 is 0 Å². The van der Waals surface area contributed by atoms with Crippen molar-refractivity contribution in [3.63, 3.8) is 0 Å². The summed E-state index contributed by atoms with van der Waals surface area (Å²) in [5.74, 6) is -0.132. The SMILES string of the molecule is Cn1cncc1[C@@H]1C[C@@H](NC(=O)c2nccc3ccccc23)CCO1. The Morgan fingerprint density at radius 2 is 2.20 bits per heavy atom. The van der Waals surface area contributed by atoms with Gasteiger partial charge in [-0.1, -0.05) is 24.3 Å². The molecule has 0 radical (unpaired) electrons. The lowest BCUT2D eigenvalue weighted by atomic mass is 10.0. The third kappa shape index (κ3) is 3.13. The van der Waals surface area contributed by atoms with Crippen molar-refractivity contribution >= 4 is 16.7 Å². The number of imidazole rings is 1. The highest BCUT2D eigenvalue weighted by atomic mass is 16.5. The van der Waals surface area contributed by atoms with E-state index in [1.165, 1.54) is 0 Å². The standard InChI is InChI=1S/C19H20N4O2/c1-23-12-20-11-16(23)17-10-14(7-9-25-17)22-19(24)18-15-5-3-2-4-13(15)6-8-21-18/h2-6,8,11-12,14,17H,7,9-10H2,1H3,(H,22,24)/t14-,17-/m0/s1. The van der Waals surface area contributed by atoms with Crippen LogP contribution in [0.2, 0.25) is 0 Å². The van der Waals surface area contributed by atoms with Crippen molar-refractivity contribution in [1.29, 1.82) is 0 Å². The van der Waals surface area contributed by atoms with E-state index in [4.69, 9.17) is 4.74 Å². The molecule has 3 aromatic rings. The summed E-state index contributed by atoms with van der Waals surface area (Å²) in [7, 11) is 1.95. The van der Waals surface area contributed by atoms with E-state index < -0.39 is 0 Å². The van der Waals surface area contributed by atoms with E-state index in [0.29, 0.717) is 12.3 Å². The number of ether oxygens (including phenoxy) is 1. The Morgan fingerprint density at radius 1 is 1.32 bits per heavy atom. The van der Waals surface area contributed by atoms with Gasteiger partial charge in [-0.2, -0.15) is 0 Å². The zero-order valence-electron chi connectivity index (χ0n) is 14.1. The molecule has 1 N–H and O–H groups in total. The lowest BCUT2D eigenvalue weighted by Crippen LogP contribution is -2.40. The van der Waals surface area contributed by atoms with Gasteiger partial charge in [0.1, 0.15) is 11.8 Å². The number of aromatic nitrogens is 3. The van der Waals surface area contributed by atoms with E-state index in [1.807, 2.05) is 48.1 Å². The highest BCUT2D eigenvalue weighted by molar-refractivity contribution is 6.05. The van der Waals surface area contributed by atoms with Crippen molar-refractivity contribution in [1.82, 2.24) is 19.9 Å². The summed E-state index contributed by atoms with van der Waals surface area (Å²) < 4.78 is 7.82. The van der Waals surface area contributed by atoms with Gasteiger partial charge in [-0.05, 0) is 24.3 Å². The van der Waals surface area contributed by atoms with Crippen LogP contribution in [0.3, 0.4) is 0 Å². The molecule has 1 aliphatic rings. The van der Waals surface area contributed by atoms with E-state index in [1.54, 1.807) is 12.5 Å². The molecule has 0 saturated carbocycles. The molecule has 25 heavy (non-hydrogen) atoms. The van der Waals surface area contributed by atoms with Crippen LogP contribution in [0.25, 0.3) is 10.8 Å². The number of hydrogen-bond donors (Lipinski definition) is 1. The molecule has 6 nitrogen and oxygen atoms in total. The summed E-state index contributed by atoms with van der Waals surface area (Å²) in [5, 5.41) is 5.02. The summed E-state index contributed by atoms with van der Waals surface area (Å²) in [6.07, 6.45) is 6.75. The number of amides is 1. The summed E-state index contributed by atoms with van der Waals surface area (Å²) in [4.78, 5) is 21.2. The lowest BCUT2D eigenvalue weighted by Gasteiger charge is -2.30. The normalized spacial score (nSPS) is 20.5. The first-order valence-corrected chi connectivity index (χ1v) is 8.45. The van der Waals surface area contributed by atoms with Crippen LogP contribution >= 0.6 is 0 Å². The molecule has 4 rings (SSSR count). The van der Waals surface area contributed by atoms with Gasteiger partial charge in [0, 0.05) is 31.3 Å². The zero-order chi connectivity index (χ0) is 17.2. The summed E-state index contributed by atoms with van der Waals surface area (Å²) in [5.41, 5.74) is 1.50. The van der Waals surface area contributed by atoms with Crippen LogP contribution < -0.4 is 5.32 Å². The number of carbonyl (C=O) groups is 1. The highest BCUT2D eigenvalue weighted by Crippen LogP contribution is 2.28. The molecule has 1 aliphatic heterocycles. The number of pyridine rings is 1. The zero-order valence-corrected chi connectivity index (χ0v) is 14.1. The largest absolute Gasteiger partial charge is 0.372 e. The fraction of sp³-hybridized carbons (Fsp3) is 0.316. The summed E-state index contributed by atoms with van der Waals surface area (Å²) in [6.45, 7) is 0.615. The van der Waals surface area contributed by atoms with E-state index in [2.05, 4.69) is 15.3 Å². The predicted molar refractivity (Wildman–Crippen MR) is 94.1 cm³/mol. The van der Waals surface area contributed by atoms with Gasteiger partial charge in [0.2, 0.25) is 0 Å². The summed E-state index contributed by atoms with van der Waals surface area (Å²) in [6, 6.07) is 9.77. The maximum atomic E-state index is 12.8. The van der Waals surface area contributed by atoms with Crippen molar-refractivity contribution in [2.45, 2.75) is 25.0 Å². The Labute approximate surface area is 145 Å². The first kappa shape index (κ1) is 15.8. The molecule has 128 valence electrons. The van der Waals surface area contributed by atoms with Crippen LogP contribution in [0.1, 0.15) is 35.1 Å². The van der Waals surface area contributed by atoms with Crippen molar-refractivity contribution in [2.24, 2.45) is 7.05 Å². The molecule has 6 heteroatoms. The van der Waals surface area contributed by atoms with Crippen molar-refractivity contribution < 1.29 is 9.53 Å². The van der Waals surface area contributed by atoms with Crippen LogP contribution in [0.4, 0.5) is 0 Å². The second-order valence-corrected chi connectivity index (χ2v) is 6.36. The number of nitrogens with one attached hydrogen (secondary N) is 1. The van der Waals surface area contributed by atoms with Gasteiger partial charge >= 0.3 is 0 Å². The van der Waals surface area contributed by atoms with E-state index in [9.17, 15) is 4.79 Å². The maximum Gasteiger partial charge on any atom is 0.270 e. The molecule has 0 spiro atoms. The Morgan fingerprint density at radius 3 is 3.04 bits per heavy atom. The van der Waals surface area contributed by atoms with Gasteiger partial charge in [0.15, 0.2) is 0 Å². The molecule has 1 amide bonds. The Balaban J connectivity index is 1.51. The number of benzene rings is 1. The first-order chi connectivity index (χ1) is 12.2. The molecule has 0 bridgehead atoms. The van der Waals surface area contributed by atoms with Gasteiger partial charge < -0.3 is 14.6 Å². The Bertz CT molecular complexity index is 900. The number of fused-ring (bicyclic) bond motifs is 1. The van der Waals surface area contributed by atoms with Crippen LogP contribution in [-0.4, -0.2) is 33.1 Å². The van der Waals surface area contributed by atoms with Gasteiger partial charge in [0.25, 0.3) is 5.91 Å². The quantitative estimate of drug-likeness (QED) is 0.798. The molecular weight excluding hydrogens is 316 g/mol. The number of rotatable bonds is 3. The van der Waals surface area contributed by atoms with Crippen molar-refractivity contribution in [3.05, 3.63) is 60.4 Å². The molecule has 1 aromatic carbocycles. The highest BCUT2D eigenvalue weighted by Gasteiger charge is 2.27. The van der Waals surface area contributed by atoms with Crippen molar-refractivity contribution in [2.75, 3.05) is 6.61 Å². The maximum absolute atomic E-state index is 12.8. The lowest BCUT2D eigenvalue weighted by molar-refractivity contribution is -0.00303. The number of aryl methyl sites for hydroxylation is 1.